The van der Waals surface area contributed by atoms with Gasteiger partial charge in [0.25, 0.3) is 0 Å². The number of aliphatic hydroxyl groups is 11. The Balaban J connectivity index is 1.44. The van der Waals surface area contributed by atoms with Crippen LogP contribution in [0.1, 0.15) is 162 Å². The van der Waals surface area contributed by atoms with Crippen molar-refractivity contribution in [1.29, 1.82) is 0 Å². The molecule has 3 aliphatic rings. The van der Waals surface area contributed by atoms with Crippen LogP contribution < -0.4 is 5.32 Å². The highest BCUT2D eigenvalue weighted by atomic mass is 16.8. The smallest absolute Gasteiger partial charge is 0.220 e. The molecular formula is C63H105NO18. The summed E-state index contributed by atoms with van der Waals surface area (Å²) >= 11 is 0. The summed E-state index contributed by atoms with van der Waals surface area (Å²) in [7, 11) is 0. The molecule has 3 aliphatic heterocycles. The van der Waals surface area contributed by atoms with Crippen LogP contribution in [0.25, 0.3) is 0 Å². The Kier molecular flexibility index (Phi) is 40.1. The lowest BCUT2D eigenvalue weighted by atomic mass is 9.96. The van der Waals surface area contributed by atoms with E-state index in [2.05, 4.69) is 104 Å². The van der Waals surface area contributed by atoms with Crippen LogP contribution in [-0.4, -0.2) is 193 Å². The van der Waals surface area contributed by atoms with Gasteiger partial charge in [0.2, 0.25) is 5.91 Å². The first kappa shape index (κ1) is 73.0. The highest BCUT2D eigenvalue weighted by Crippen LogP contribution is 2.33. The highest BCUT2D eigenvalue weighted by Gasteiger charge is 2.53. The number of ether oxygens (including phenoxy) is 6. The van der Waals surface area contributed by atoms with E-state index in [4.69, 9.17) is 28.4 Å². The third-order valence-corrected chi connectivity index (χ3v) is 14.6. The number of hydrogen-bond acceptors (Lipinski definition) is 18. The van der Waals surface area contributed by atoms with Crippen molar-refractivity contribution >= 4 is 5.91 Å². The van der Waals surface area contributed by atoms with Gasteiger partial charge in [-0.25, -0.2) is 0 Å². The topological polar surface area (TPSA) is 307 Å². The quantitative estimate of drug-likeness (QED) is 0.0255. The summed E-state index contributed by atoms with van der Waals surface area (Å²) in [5, 5.41) is 120. The zero-order valence-corrected chi connectivity index (χ0v) is 48.9. The molecule has 0 spiro atoms. The third kappa shape index (κ3) is 28.3. The zero-order valence-electron chi connectivity index (χ0n) is 48.9. The molecule has 82 heavy (non-hydrogen) atoms. The summed E-state index contributed by atoms with van der Waals surface area (Å²) in [6.07, 6.45) is 29.8. The molecule has 0 bridgehead atoms. The van der Waals surface area contributed by atoms with E-state index in [9.17, 15) is 61.0 Å². The third-order valence-electron chi connectivity index (χ3n) is 14.6. The highest BCUT2D eigenvalue weighted by molar-refractivity contribution is 5.76. The molecule has 0 aromatic carbocycles. The molecule has 17 atom stereocenters. The number of allylic oxidation sites excluding steroid dienone is 15. The van der Waals surface area contributed by atoms with E-state index >= 15 is 0 Å². The molecule has 0 aromatic heterocycles. The zero-order chi connectivity index (χ0) is 59.7. The van der Waals surface area contributed by atoms with E-state index in [0.717, 1.165) is 103 Å². The average molecular weight is 1160 g/mol. The normalized spacial score (nSPS) is 30.3. The predicted molar refractivity (Wildman–Crippen MR) is 314 cm³/mol. The van der Waals surface area contributed by atoms with E-state index < -0.39 is 124 Å². The first-order chi connectivity index (χ1) is 39.8. The number of carbonyl (C=O) groups is 1. The lowest BCUT2D eigenvalue weighted by Gasteiger charge is -2.48. The van der Waals surface area contributed by atoms with E-state index in [1.165, 1.54) is 25.7 Å². The number of unbranched alkanes of at least 4 members (excludes halogenated alkanes) is 13. The molecule has 0 saturated carbocycles. The molecule has 19 heteroatoms. The van der Waals surface area contributed by atoms with Gasteiger partial charge in [0.1, 0.15) is 73.2 Å². The number of rotatable bonds is 43. The maximum Gasteiger partial charge on any atom is 0.220 e. The lowest BCUT2D eigenvalue weighted by Crippen LogP contribution is -2.66. The first-order valence-electron chi connectivity index (χ1n) is 30.5. The van der Waals surface area contributed by atoms with Crippen LogP contribution >= 0.6 is 0 Å². The van der Waals surface area contributed by atoms with Crippen molar-refractivity contribution in [2.75, 3.05) is 26.4 Å². The standard InChI is InChI=1S/C63H105NO18/c1-3-5-7-9-11-13-15-16-17-18-19-20-21-22-23-24-25-26-27-28-29-30-31-33-35-37-39-41-51(69)64-46(47(68)40-38-36-34-32-14-12-10-8-6-4-2)45-77-61-57(75)54(72)59(49(43-66)79-61)82-63-58(76)55(73)60(50(44-67)80-63)81-62-56(74)53(71)52(70)48(42-65)78-62/h5,7,11,13-14,16-17,19-20,22-23,25-26,32,38,40,46-50,52-63,65-68,70-76H,3-4,6,8-10,12,15,18,21,24,27-31,33-37,39,41-45H2,1-2H3,(H,64,69)/b7-5-,13-11-,17-16-,20-19-,23-22-,26-25-,32-14+,40-38+. The summed E-state index contributed by atoms with van der Waals surface area (Å²) < 4.78 is 34.2. The molecule has 3 saturated heterocycles. The summed E-state index contributed by atoms with van der Waals surface area (Å²) in [5.41, 5.74) is 0. The summed E-state index contributed by atoms with van der Waals surface area (Å²) in [5.74, 6) is -0.302. The Bertz CT molecular complexity index is 1870. The lowest BCUT2D eigenvalue weighted by molar-refractivity contribution is -0.379. The number of amides is 1. The second kappa shape index (κ2) is 45.1. The van der Waals surface area contributed by atoms with Crippen molar-refractivity contribution in [2.45, 2.75) is 266 Å². The number of hydrogen-bond donors (Lipinski definition) is 12. The van der Waals surface area contributed by atoms with E-state index in [-0.39, 0.29) is 18.9 Å². The van der Waals surface area contributed by atoms with E-state index in [1.807, 2.05) is 6.08 Å². The van der Waals surface area contributed by atoms with Gasteiger partial charge in [0.05, 0.1) is 38.6 Å². The maximum atomic E-state index is 13.3. The Labute approximate surface area is 488 Å². The van der Waals surface area contributed by atoms with Gasteiger partial charge in [-0.3, -0.25) is 4.79 Å². The van der Waals surface area contributed by atoms with Gasteiger partial charge in [-0.05, 0) is 83.5 Å². The first-order valence-corrected chi connectivity index (χ1v) is 30.5. The second-order valence-electron chi connectivity index (χ2n) is 21.4. The monoisotopic (exact) mass is 1160 g/mol. The molecule has 1 amide bonds. The summed E-state index contributed by atoms with van der Waals surface area (Å²) in [6, 6.07) is -0.999. The number of carbonyl (C=O) groups excluding carboxylic acids is 1. The fourth-order valence-electron chi connectivity index (χ4n) is 9.62. The molecule has 19 nitrogen and oxygen atoms in total. The molecule has 3 fully saturated rings. The van der Waals surface area contributed by atoms with Gasteiger partial charge in [-0.2, -0.15) is 0 Å². The number of aliphatic hydroxyl groups excluding tert-OH is 11. The van der Waals surface area contributed by atoms with Crippen LogP contribution in [0.5, 0.6) is 0 Å². The molecule has 12 N–H and O–H groups in total. The fourth-order valence-corrected chi connectivity index (χ4v) is 9.62. The van der Waals surface area contributed by atoms with Crippen LogP contribution in [0.4, 0.5) is 0 Å². The maximum absolute atomic E-state index is 13.3. The molecule has 3 heterocycles. The van der Waals surface area contributed by atoms with Crippen LogP contribution in [-0.2, 0) is 33.2 Å². The van der Waals surface area contributed by atoms with Gasteiger partial charge in [0, 0.05) is 6.42 Å². The largest absolute Gasteiger partial charge is 0.394 e. The molecule has 0 aromatic rings. The predicted octanol–water partition coefficient (Wildman–Crippen LogP) is 5.76. The Morgan fingerprint density at radius 1 is 0.451 bits per heavy atom. The molecule has 0 radical (unpaired) electrons. The van der Waals surface area contributed by atoms with Crippen LogP contribution in [0.15, 0.2) is 97.2 Å². The molecular weight excluding hydrogens is 1060 g/mol. The van der Waals surface area contributed by atoms with Crippen molar-refractivity contribution in [1.82, 2.24) is 5.32 Å². The van der Waals surface area contributed by atoms with Crippen molar-refractivity contribution in [3.05, 3.63) is 97.2 Å². The molecule has 17 unspecified atom stereocenters. The Morgan fingerprint density at radius 3 is 1.37 bits per heavy atom. The Morgan fingerprint density at radius 2 is 0.854 bits per heavy atom. The van der Waals surface area contributed by atoms with Crippen LogP contribution in [0, 0.1) is 0 Å². The van der Waals surface area contributed by atoms with Crippen molar-refractivity contribution < 1.29 is 89.4 Å². The SMILES string of the molecule is CC/C=C\C/C=C\C/C=C\C/C=C\C/C=C\C/C=C\CCCCCCCCCCC(=O)NC(COC1OC(CO)C(OC2OC(CO)C(OC3OC(CO)C(O)C(O)C3O)C(O)C2O)C(O)C1O)C(O)/C=C/CC/C=C/CCCCCC. The van der Waals surface area contributed by atoms with Crippen molar-refractivity contribution in [3.8, 4) is 0 Å². The fraction of sp³-hybridized carbons (Fsp3) is 0.730. The minimum Gasteiger partial charge on any atom is -0.394 e. The molecule has 0 aliphatic carbocycles. The molecule has 3 rings (SSSR count). The molecule has 470 valence electrons. The van der Waals surface area contributed by atoms with Gasteiger partial charge < -0.3 is 89.9 Å². The Hall–Kier alpha value is -3.29. The minimum absolute atomic E-state index is 0.219. The van der Waals surface area contributed by atoms with Gasteiger partial charge in [-0.1, -0.05) is 169 Å². The van der Waals surface area contributed by atoms with E-state index in [0.29, 0.717) is 12.8 Å². The van der Waals surface area contributed by atoms with E-state index in [1.54, 1.807) is 6.08 Å². The second-order valence-corrected chi connectivity index (χ2v) is 21.4. The van der Waals surface area contributed by atoms with Gasteiger partial charge in [0.15, 0.2) is 18.9 Å². The van der Waals surface area contributed by atoms with Crippen LogP contribution in [0.2, 0.25) is 0 Å². The summed E-state index contributed by atoms with van der Waals surface area (Å²) in [4.78, 5) is 13.3. The van der Waals surface area contributed by atoms with Crippen molar-refractivity contribution in [2.24, 2.45) is 0 Å². The minimum atomic E-state index is -1.98. The van der Waals surface area contributed by atoms with Gasteiger partial charge >= 0.3 is 0 Å². The van der Waals surface area contributed by atoms with Crippen molar-refractivity contribution in [3.63, 3.8) is 0 Å². The summed E-state index contributed by atoms with van der Waals surface area (Å²) in [6.45, 7) is 1.50. The van der Waals surface area contributed by atoms with Crippen LogP contribution in [0.3, 0.4) is 0 Å². The number of nitrogens with one attached hydrogen (secondary N) is 1. The average Bonchev–Trinajstić information content (AvgIpc) is 3.64. The van der Waals surface area contributed by atoms with Gasteiger partial charge in [-0.15, -0.1) is 0 Å².